The molecule has 0 aromatic heterocycles. The van der Waals surface area contributed by atoms with E-state index in [-0.39, 0.29) is 11.5 Å². The van der Waals surface area contributed by atoms with Crippen LogP contribution in [0.25, 0.3) is 0 Å². The highest BCUT2D eigenvalue weighted by Gasteiger charge is 2.27. The van der Waals surface area contributed by atoms with E-state index in [0.717, 1.165) is 25.1 Å². The fourth-order valence-corrected chi connectivity index (χ4v) is 2.91. The van der Waals surface area contributed by atoms with Gasteiger partial charge >= 0.3 is 0 Å². The molecule has 1 saturated carbocycles. The summed E-state index contributed by atoms with van der Waals surface area (Å²) < 4.78 is 26.6. The summed E-state index contributed by atoms with van der Waals surface area (Å²) in [6.07, 6.45) is 1.90. The zero-order valence-electron chi connectivity index (χ0n) is 11.7. The molecule has 0 aliphatic heterocycles. The molecule has 0 spiro atoms. The second-order valence-electron chi connectivity index (χ2n) is 6.33. The van der Waals surface area contributed by atoms with Gasteiger partial charge < -0.3 is 5.32 Å². The summed E-state index contributed by atoms with van der Waals surface area (Å²) >= 11 is 0. The fraction of sp³-hybridized carbons (Fsp3) is 0.571. The second kappa shape index (κ2) is 5.13. The van der Waals surface area contributed by atoms with Crippen LogP contribution in [-0.4, -0.2) is 21.0 Å². The molecule has 1 fully saturated rings. The van der Waals surface area contributed by atoms with Crippen LogP contribution in [0.3, 0.4) is 0 Å². The van der Waals surface area contributed by atoms with Gasteiger partial charge in [0, 0.05) is 18.3 Å². The molecule has 0 bridgehead atoms. The normalized spacial score (nSPS) is 16.4. The number of rotatable bonds is 5. The van der Waals surface area contributed by atoms with Crippen LogP contribution in [0, 0.1) is 5.41 Å². The number of anilines is 1. The van der Waals surface area contributed by atoms with Crippen molar-refractivity contribution in [2.24, 2.45) is 5.41 Å². The van der Waals surface area contributed by atoms with Gasteiger partial charge in [-0.25, -0.2) is 13.1 Å². The van der Waals surface area contributed by atoms with Crippen molar-refractivity contribution in [3.05, 3.63) is 24.3 Å². The molecular formula is C14H22N2O2S. The Morgan fingerprint density at radius 1 is 1.16 bits per heavy atom. The first-order valence-corrected chi connectivity index (χ1v) is 8.11. The summed E-state index contributed by atoms with van der Waals surface area (Å²) in [6.45, 7) is 7.30. The molecule has 0 amide bonds. The van der Waals surface area contributed by atoms with Gasteiger partial charge in [-0.1, -0.05) is 20.8 Å². The number of sulfonamides is 1. The Labute approximate surface area is 115 Å². The van der Waals surface area contributed by atoms with E-state index in [9.17, 15) is 8.42 Å². The lowest BCUT2D eigenvalue weighted by molar-refractivity contribution is 0.443. The van der Waals surface area contributed by atoms with Gasteiger partial charge in [-0.05, 0) is 42.5 Å². The van der Waals surface area contributed by atoms with Gasteiger partial charge in [0.25, 0.3) is 0 Å². The Hall–Kier alpha value is -1.07. The predicted molar refractivity (Wildman–Crippen MR) is 77.7 cm³/mol. The maximum absolute atomic E-state index is 12.0. The Kier molecular flexibility index (Phi) is 3.87. The third-order valence-electron chi connectivity index (χ3n) is 2.89. The number of benzene rings is 1. The van der Waals surface area contributed by atoms with Gasteiger partial charge in [-0.2, -0.15) is 0 Å². The molecule has 2 rings (SSSR count). The minimum Gasteiger partial charge on any atom is -0.385 e. The van der Waals surface area contributed by atoms with Crippen molar-refractivity contribution in [2.75, 3.05) is 11.9 Å². The number of hydrogen-bond acceptors (Lipinski definition) is 3. The Bertz CT molecular complexity index is 526. The van der Waals surface area contributed by atoms with Crippen LogP contribution >= 0.6 is 0 Å². The molecule has 0 radical (unpaired) electrons. The first-order valence-electron chi connectivity index (χ1n) is 6.63. The monoisotopic (exact) mass is 282 g/mol. The molecule has 1 aromatic rings. The SMILES string of the molecule is CC(C)(C)CNc1ccc(S(=O)(=O)NC2CC2)cc1. The van der Waals surface area contributed by atoms with Crippen molar-refractivity contribution in [1.82, 2.24) is 4.72 Å². The molecule has 0 atom stereocenters. The van der Waals surface area contributed by atoms with Crippen LogP contribution < -0.4 is 10.0 Å². The summed E-state index contributed by atoms with van der Waals surface area (Å²) in [5.41, 5.74) is 1.14. The Morgan fingerprint density at radius 3 is 2.21 bits per heavy atom. The summed E-state index contributed by atoms with van der Waals surface area (Å²) in [4.78, 5) is 0.334. The average Bonchev–Trinajstić information content (AvgIpc) is 3.09. The minimum atomic E-state index is -3.33. The number of hydrogen-bond donors (Lipinski definition) is 2. The van der Waals surface area contributed by atoms with Gasteiger partial charge in [0.2, 0.25) is 10.0 Å². The van der Waals surface area contributed by atoms with Gasteiger partial charge in [0.15, 0.2) is 0 Å². The van der Waals surface area contributed by atoms with E-state index in [4.69, 9.17) is 0 Å². The highest BCUT2D eigenvalue weighted by molar-refractivity contribution is 7.89. The van der Waals surface area contributed by atoms with Crippen molar-refractivity contribution in [3.63, 3.8) is 0 Å². The van der Waals surface area contributed by atoms with E-state index in [1.165, 1.54) is 0 Å². The zero-order chi connectivity index (χ0) is 14.1. The van der Waals surface area contributed by atoms with E-state index in [0.29, 0.717) is 4.90 Å². The standard InChI is InChI=1S/C14H22N2O2S/c1-14(2,3)10-15-11-6-8-13(9-7-11)19(17,18)16-12-4-5-12/h6-9,12,15-16H,4-5,10H2,1-3H3. The minimum absolute atomic E-state index is 0.142. The maximum atomic E-state index is 12.0. The van der Waals surface area contributed by atoms with Crippen molar-refractivity contribution in [2.45, 2.75) is 44.6 Å². The van der Waals surface area contributed by atoms with Gasteiger partial charge in [0.05, 0.1) is 4.90 Å². The second-order valence-corrected chi connectivity index (χ2v) is 8.05. The van der Waals surface area contributed by atoms with Crippen LogP contribution in [0.4, 0.5) is 5.69 Å². The van der Waals surface area contributed by atoms with Crippen molar-refractivity contribution < 1.29 is 8.42 Å². The lowest BCUT2D eigenvalue weighted by Gasteiger charge is -2.19. The first-order chi connectivity index (χ1) is 8.76. The van der Waals surface area contributed by atoms with Crippen molar-refractivity contribution >= 4 is 15.7 Å². The van der Waals surface area contributed by atoms with Gasteiger partial charge in [-0.3, -0.25) is 0 Å². The average molecular weight is 282 g/mol. The molecule has 0 unspecified atom stereocenters. The van der Waals surface area contributed by atoms with Crippen LogP contribution in [0.5, 0.6) is 0 Å². The molecule has 106 valence electrons. The van der Waals surface area contributed by atoms with E-state index < -0.39 is 10.0 Å². The van der Waals surface area contributed by atoms with Crippen LogP contribution in [0.1, 0.15) is 33.6 Å². The molecule has 4 nitrogen and oxygen atoms in total. The molecule has 19 heavy (non-hydrogen) atoms. The highest BCUT2D eigenvalue weighted by atomic mass is 32.2. The third kappa shape index (κ3) is 4.51. The summed E-state index contributed by atoms with van der Waals surface area (Å²) in [5, 5.41) is 3.30. The van der Waals surface area contributed by atoms with Crippen LogP contribution in [0.15, 0.2) is 29.2 Å². The molecule has 2 N–H and O–H groups in total. The van der Waals surface area contributed by atoms with E-state index >= 15 is 0 Å². The Morgan fingerprint density at radius 2 is 1.74 bits per heavy atom. The van der Waals surface area contributed by atoms with Crippen molar-refractivity contribution in [3.8, 4) is 0 Å². The zero-order valence-corrected chi connectivity index (χ0v) is 12.5. The molecule has 1 aliphatic carbocycles. The fourth-order valence-electron chi connectivity index (χ4n) is 1.61. The van der Waals surface area contributed by atoms with Crippen molar-refractivity contribution in [1.29, 1.82) is 0 Å². The quantitative estimate of drug-likeness (QED) is 0.872. The molecular weight excluding hydrogens is 260 g/mol. The number of nitrogens with one attached hydrogen (secondary N) is 2. The summed E-state index contributed by atoms with van der Waals surface area (Å²) in [5.74, 6) is 0. The smallest absolute Gasteiger partial charge is 0.240 e. The van der Waals surface area contributed by atoms with Crippen LogP contribution in [-0.2, 0) is 10.0 Å². The summed E-state index contributed by atoms with van der Waals surface area (Å²) in [7, 11) is -3.33. The molecule has 1 aliphatic rings. The van der Waals surface area contributed by atoms with Crippen LogP contribution in [0.2, 0.25) is 0 Å². The Balaban J connectivity index is 2.01. The van der Waals surface area contributed by atoms with E-state index in [1.807, 2.05) is 12.1 Å². The van der Waals surface area contributed by atoms with E-state index in [2.05, 4.69) is 30.8 Å². The molecule has 0 heterocycles. The summed E-state index contributed by atoms with van der Waals surface area (Å²) in [6, 6.07) is 7.06. The molecule has 5 heteroatoms. The van der Waals surface area contributed by atoms with Gasteiger partial charge in [-0.15, -0.1) is 0 Å². The first kappa shape index (κ1) is 14.3. The molecule has 1 aromatic carbocycles. The third-order valence-corrected chi connectivity index (χ3v) is 4.42. The maximum Gasteiger partial charge on any atom is 0.240 e. The lowest BCUT2D eigenvalue weighted by Crippen LogP contribution is -2.25. The van der Waals surface area contributed by atoms with Gasteiger partial charge in [0.1, 0.15) is 0 Å². The topological polar surface area (TPSA) is 58.2 Å². The van der Waals surface area contributed by atoms with E-state index in [1.54, 1.807) is 12.1 Å². The molecule has 0 saturated heterocycles. The predicted octanol–water partition coefficient (Wildman–Crippen LogP) is 2.59. The highest BCUT2D eigenvalue weighted by Crippen LogP contribution is 2.23. The largest absolute Gasteiger partial charge is 0.385 e. The lowest BCUT2D eigenvalue weighted by atomic mass is 9.97.